The van der Waals surface area contributed by atoms with Gasteiger partial charge in [-0.15, -0.1) is 0 Å². The number of nitrogens with one attached hydrogen (secondary N) is 1. The Morgan fingerprint density at radius 1 is 1.00 bits per heavy atom. The normalized spacial score (nSPS) is 15.4. The zero-order valence-corrected chi connectivity index (χ0v) is 15.4. The van der Waals surface area contributed by atoms with E-state index in [2.05, 4.69) is 5.32 Å². The third-order valence-electron chi connectivity index (χ3n) is 2.81. The number of amides is 1. The molecule has 136 valence electrons. The summed E-state index contributed by atoms with van der Waals surface area (Å²) in [6.45, 7) is 10.9. The van der Waals surface area contributed by atoms with Gasteiger partial charge in [-0.2, -0.15) is 0 Å². The van der Waals surface area contributed by atoms with Crippen LogP contribution in [0.1, 0.15) is 73.6 Å². The molecule has 6 heteroatoms. The molecule has 1 fully saturated rings. The van der Waals surface area contributed by atoms with Crippen molar-refractivity contribution in [3.63, 3.8) is 0 Å². The highest BCUT2D eigenvalue weighted by Crippen LogP contribution is 2.18. The molecule has 1 saturated carbocycles. The maximum absolute atomic E-state index is 11.3. The van der Waals surface area contributed by atoms with Gasteiger partial charge in [-0.1, -0.05) is 12.8 Å². The molecule has 1 rings (SSSR count). The predicted molar refractivity (Wildman–Crippen MR) is 89.2 cm³/mol. The van der Waals surface area contributed by atoms with Gasteiger partial charge in [0.05, 0.1) is 13.0 Å². The number of aliphatic hydroxyl groups excluding tert-OH is 1. The first-order valence-electron chi connectivity index (χ1n) is 8.25. The van der Waals surface area contributed by atoms with Crippen LogP contribution in [0.15, 0.2) is 0 Å². The van der Waals surface area contributed by atoms with Gasteiger partial charge >= 0.3 is 12.1 Å². The van der Waals surface area contributed by atoms with Crippen LogP contribution in [0.25, 0.3) is 0 Å². The molecule has 0 aliphatic heterocycles. The van der Waals surface area contributed by atoms with E-state index in [1.54, 1.807) is 20.8 Å². The van der Waals surface area contributed by atoms with Crippen LogP contribution in [0.5, 0.6) is 0 Å². The second-order valence-corrected chi connectivity index (χ2v) is 7.69. The molecule has 0 spiro atoms. The van der Waals surface area contributed by atoms with Gasteiger partial charge in [0, 0.05) is 6.04 Å². The van der Waals surface area contributed by atoms with Crippen molar-refractivity contribution in [2.75, 3.05) is 6.61 Å². The third kappa shape index (κ3) is 14.0. The minimum Gasteiger partial charge on any atom is -0.460 e. The molecule has 0 bridgehead atoms. The zero-order valence-electron chi connectivity index (χ0n) is 15.4. The lowest BCUT2D eigenvalue weighted by atomic mass is 10.2. The van der Waals surface area contributed by atoms with Crippen molar-refractivity contribution in [3.8, 4) is 0 Å². The first-order chi connectivity index (χ1) is 10.4. The van der Waals surface area contributed by atoms with Crippen molar-refractivity contribution >= 4 is 12.1 Å². The Balaban J connectivity index is 0.000000438. The quantitative estimate of drug-likeness (QED) is 0.776. The monoisotopic (exact) mass is 331 g/mol. The molecule has 1 aliphatic rings. The van der Waals surface area contributed by atoms with Crippen molar-refractivity contribution in [1.29, 1.82) is 0 Å². The summed E-state index contributed by atoms with van der Waals surface area (Å²) < 4.78 is 10.0. The van der Waals surface area contributed by atoms with Crippen molar-refractivity contribution in [3.05, 3.63) is 0 Å². The molecule has 6 nitrogen and oxygen atoms in total. The maximum Gasteiger partial charge on any atom is 0.407 e. The second-order valence-electron chi connectivity index (χ2n) is 7.69. The number of carbonyl (C=O) groups excluding carboxylic acids is 2. The number of rotatable bonds is 3. The van der Waals surface area contributed by atoms with Crippen LogP contribution in [0.4, 0.5) is 4.79 Å². The number of carbonyl (C=O) groups is 2. The summed E-state index contributed by atoms with van der Waals surface area (Å²) in [6.07, 6.45) is 4.44. The summed E-state index contributed by atoms with van der Waals surface area (Å²) in [6, 6.07) is 0.342. The van der Waals surface area contributed by atoms with E-state index in [0.29, 0.717) is 6.04 Å². The molecule has 2 N–H and O–H groups in total. The number of hydrogen-bond donors (Lipinski definition) is 2. The summed E-state index contributed by atoms with van der Waals surface area (Å²) >= 11 is 0. The number of ether oxygens (including phenoxy) is 2. The summed E-state index contributed by atoms with van der Waals surface area (Å²) in [7, 11) is 0. The lowest BCUT2D eigenvalue weighted by molar-refractivity contribution is -0.155. The second kappa shape index (κ2) is 9.75. The lowest BCUT2D eigenvalue weighted by Crippen LogP contribution is -2.37. The lowest BCUT2D eigenvalue weighted by Gasteiger charge is -2.21. The van der Waals surface area contributed by atoms with E-state index in [1.165, 1.54) is 12.8 Å². The number of alkyl carbamates (subject to hydrolysis) is 1. The molecule has 23 heavy (non-hydrogen) atoms. The Hall–Kier alpha value is -1.30. The molecule has 0 unspecified atom stereocenters. The predicted octanol–water partition coefficient (Wildman–Crippen LogP) is 3.16. The van der Waals surface area contributed by atoms with Crippen molar-refractivity contribution in [2.24, 2.45) is 0 Å². The fourth-order valence-corrected chi connectivity index (χ4v) is 2.03. The van der Waals surface area contributed by atoms with Gasteiger partial charge in [0.1, 0.15) is 11.2 Å². The molecule has 0 aromatic rings. The Labute approximate surface area is 139 Å². The number of esters is 1. The summed E-state index contributed by atoms with van der Waals surface area (Å²) in [5.41, 5.74) is -0.824. The molecule has 0 saturated heterocycles. The largest absolute Gasteiger partial charge is 0.460 e. The van der Waals surface area contributed by atoms with E-state index in [4.69, 9.17) is 14.6 Å². The zero-order chi connectivity index (χ0) is 18.1. The molecule has 0 heterocycles. The minimum absolute atomic E-state index is 0.0806. The molecule has 0 aromatic carbocycles. The van der Waals surface area contributed by atoms with Crippen LogP contribution in [0, 0.1) is 0 Å². The van der Waals surface area contributed by atoms with E-state index in [9.17, 15) is 9.59 Å². The van der Waals surface area contributed by atoms with Crippen molar-refractivity contribution in [2.45, 2.75) is 90.9 Å². The maximum atomic E-state index is 11.3. The van der Waals surface area contributed by atoms with Crippen LogP contribution in [-0.2, 0) is 14.3 Å². The van der Waals surface area contributed by atoms with E-state index >= 15 is 0 Å². The summed E-state index contributed by atoms with van der Waals surface area (Å²) in [5, 5.41) is 11.2. The molecule has 1 aliphatic carbocycles. The van der Waals surface area contributed by atoms with Crippen LogP contribution in [0.3, 0.4) is 0 Å². The fourth-order valence-electron chi connectivity index (χ4n) is 2.03. The standard InChI is InChI=1S/C10H19NO2.C7H14O3/c1-10(2,3)13-9(12)11-8-6-4-5-7-8;1-7(2,3)10-6(9)4-5-8/h8H,4-7H2,1-3H3,(H,11,12);8H,4-5H2,1-3H3. The van der Waals surface area contributed by atoms with E-state index in [0.717, 1.165) is 12.8 Å². The fraction of sp³-hybridized carbons (Fsp3) is 0.882. The van der Waals surface area contributed by atoms with E-state index in [1.807, 2.05) is 20.8 Å². The van der Waals surface area contributed by atoms with Crippen LogP contribution >= 0.6 is 0 Å². The molecule has 1 amide bonds. The first kappa shape index (κ1) is 21.7. The highest BCUT2D eigenvalue weighted by molar-refractivity contribution is 5.69. The number of aliphatic hydroxyl groups is 1. The smallest absolute Gasteiger partial charge is 0.407 e. The molecule has 0 atom stereocenters. The highest BCUT2D eigenvalue weighted by atomic mass is 16.6. The molecule has 0 aromatic heterocycles. The summed E-state index contributed by atoms with van der Waals surface area (Å²) in [4.78, 5) is 22.0. The molecular formula is C17H33NO5. The third-order valence-corrected chi connectivity index (χ3v) is 2.81. The Morgan fingerprint density at radius 2 is 1.48 bits per heavy atom. The topological polar surface area (TPSA) is 84.9 Å². The first-order valence-corrected chi connectivity index (χ1v) is 8.25. The van der Waals surface area contributed by atoms with Crippen LogP contribution in [-0.4, -0.2) is 41.0 Å². The van der Waals surface area contributed by atoms with Gasteiger partial charge in [-0.3, -0.25) is 4.79 Å². The number of hydrogen-bond acceptors (Lipinski definition) is 5. The average molecular weight is 331 g/mol. The van der Waals surface area contributed by atoms with Crippen LogP contribution < -0.4 is 5.32 Å². The highest BCUT2D eigenvalue weighted by Gasteiger charge is 2.21. The average Bonchev–Trinajstić information content (AvgIpc) is 2.77. The van der Waals surface area contributed by atoms with Crippen LogP contribution in [0.2, 0.25) is 0 Å². The van der Waals surface area contributed by atoms with E-state index in [-0.39, 0.29) is 30.7 Å². The van der Waals surface area contributed by atoms with Gasteiger partial charge in [0.2, 0.25) is 0 Å². The van der Waals surface area contributed by atoms with Gasteiger partial charge in [-0.05, 0) is 54.4 Å². The van der Waals surface area contributed by atoms with Gasteiger partial charge in [0.25, 0.3) is 0 Å². The van der Waals surface area contributed by atoms with Crippen molar-refractivity contribution in [1.82, 2.24) is 5.32 Å². The Morgan fingerprint density at radius 3 is 1.87 bits per heavy atom. The van der Waals surface area contributed by atoms with E-state index < -0.39 is 5.60 Å². The van der Waals surface area contributed by atoms with Gasteiger partial charge in [-0.25, -0.2) is 4.79 Å². The minimum atomic E-state index is -0.438. The van der Waals surface area contributed by atoms with Gasteiger partial charge < -0.3 is 19.9 Å². The Bertz CT molecular complexity index is 362. The van der Waals surface area contributed by atoms with Crippen molar-refractivity contribution < 1.29 is 24.2 Å². The summed E-state index contributed by atoms with van der Waals surface area (Å²) in [5.74, 6) is -0.352. The SMILES string of the molecule is CC(C)(C)OC(=O)CCO.CC(C)(C)OC(=O)NC1CCCC1. The molecular weight excluding hydrogens is 298 g/mol. The molecule has 0 radical (unpaired) electrons. The Kier molecular flexibility index (Phi) is 9.20. The van der Waals surface area contributed by atoms with Gasteiger partial charge in [0.15, 0.2) is 0 Å².